The molecule has 3 heteroatoms. The molecule has 1 fully saturated rings. The maximum Gasteiger partial charge on any atom is 0.134 e. The molecule has 1 aliphatic rings. The van der Waals surface area contributed by atoms with Crippen LogP contribution in [0.5, 0.6) is 0 Å². The van der Waals surface area contributed by atoms with E-state index in [9.17, 15) is 0 Å². The molecule has 1 rings (SSSR count). The average molecular weight is 140 g/mol. The van der Waals surface area contributed by atoms with Crippen molar-refractivity contribution in [3.05, 3.63) is 0 Å². The molecule has 0 aromatic rings. The number of nitrogens with one attached hydrogen (secondary N) is 1. The molecule has 1 aliphatic heterocycles. The van der Waals surface area contributed by atoms with Crippen LogP contribution in [0.15, 0.2) is 0 Å². The third-order valence-corrected chi connectivity index (χ3v) is 2.20. The Morgan fingerprint density at radius 2 is 2.50 bits per heavy atom. The zero-order chi connectivity index (χ0) is 7.61. The molecule has 1 saturated heterocycles. The second-order valence-corrected chi connectivity index (χ2v) is 2.60. The molecule has 1 N–H and O–H groups in total. The minimum atomic E-state index is -0.431. The molecular weight excluding hydrogens is 128 g/mol. The van der Waals surface area contributed by atoms with E-state index in [1.54, 1.807) is 7.05 Å². The predicted octanol–water partition coefficient (Wildman–Crippen LogP) is 0.277. The molecule has 10 heavy (non-hydrogen) atoms. The Morgan fingerprint density at radius 3 is 2.70 bits per heavy atom. The zero-order valence-corrected chi connectivity index (χ0v) is 6.35. The Morgan fingerprint density at radius 1 is 1.80 bits per heavy atom. The standard InChI is InChI=1S/C7H12N2O/c1-6-7(5-8,9-2)3-4-10-6/h6,9H,3-4H2,1-2H3. The van der Waals surface area contributed by atoms with Gasteiger partial charge in [0.25, 0.3) is 0 Å². The number of nitrogens with zero attached hydrogens (tertiary/aromatic N) is 1. The number of hydrogen-bond donors (Lipinski definition) is 1. The van der Waals surface area contributed by atoms with Crippen LogP contribution in [0.25, 0.3) is 0 Å². The zero-order valence-electron chi connectivity index (χ0n) is 6.35. The van der Waals surface area contributed by atoms with Crippen molar-refractivity contribution in [3.8, 4) is 6.07 Å². The highest BCUT2D eigenvalue weighted by atomic mass is 16.5. The monoisotopic (exact) mass is 140 g/mol. The van der Waals surface area contributed by atoms with Crippen molar-refractivity contribution >= 4 is 0 Å². The Hall–Kier alpha value is -0.590. The molecule has 0 spiro atoms. The maximum absolute atomic E-state index is 8.79. The van der Waals surface area contributed by atoms with Crippen LogP contribution in [0, 0.1) is 11.3 Å². The molecular formula is C7H12N2O. The van der Waals surface area contributed by atoms with Crippen LogP contribution in [-0.2, 0) is 4.74 Å². The highest BCUT2D eigenvalue weighted by Gasteiger charge is 2.40. The summed E-state index contributed by atoms with van der Waals surface area (Å²) in [5.41, 5.74) is -0.431. The van der Waals surface area contributed by atoms with Gasteiger partial charge in [0.05, 0.1) is 12.2 Å². The van der Waals surface area contributed by atoms with Crippen LogP contribution in [0.1, 0.15) is 13.3 Å². The van der Waals surface area contributed by atoms with Crippen LogP contribution >= 0.6 is 0 Å². The first-order chi connectivity index (χ1) is 4.75. The first-order valence-corrected chi connectivity index (χ1v) is 3.47. The van der Waals surface area contributed by atoms with Crippen LogP contribution in [0.3, 0.4) is 0 Å². The van der Waals surface area contributed by atoms with E-state index < -0.39 is 5.54 Å². The largest absolute Gasteiger partial charge is 0.375 e. The summed E-state index contributed by atoms with van der Waals surface area (Å²) in [7, 11) is 1.80. The quantitative estimate of drug-likeness (QED) is 0.569. The lowest BCUT2D eigenvalue weighted by Gasteiger charge is -2.22. The number of likely N-dealkylation sites (N-methyl/N-ethyl adjacent to an activating group) is 1. The molecule has 0 amide bonds. The summed E-state index contributed by atoms with van der Waals surface area (Å²) >= 11 is 0. The van der Waals surface area contributed by atoms with Crippen molar-refractivity contribution in [3.63, 3.8) is 0 Å². The van der Waals surface area contributed by atoms with Crippen LogP contribution in [0.2, 0.25) is 0 Å². The topological polar surface area (TPSA) is 45.0 Å². The molecule has 56 valence electrons. The summed E-state index contributed by atoms with van der Waals surface area (Å²) in [6, 6.07) is 2.24. The normalized spacial score (nSPS) is 39.5. The average Bonchev–Trinajstić information content (AvgIpc) is 2.32. The number of ether oxygens (including phenoxy) is 1. The Kier molecular flexibility index (Phi) is 1.93. The molecule has 2 unspecified atom stereocenters. The van der Waals surface area contributed by atoms with Gasteiger partial charge in [-0.25, -0.2) is 0 Å². The van der Waals surface area contributed by atoms with E-state index in [0.29, 0.717) is 6.61 Å². The first-order valence-electron chi connectivity index (χ1n) is 3.47. The fraction of sp³-hybridized carbons (Fsp3) is 0.857. The molecule has 0 aromatic heterocycles. The fourth-order valence-electron chi connectivity index (χ4n) is 1.27. The molecule has 1 heterocycles. The van der Waals surface area contributed by atoms with E-state index >= 15 is 0 Å². The second kappa shape index (κ2) is 2.57. The lowest BCUT2D eigenvalue weighted by molar-refractivity contribution is 0.101. The molecule has 0 bridgehead atoms. The Labute approximate surface area is 61.0 Å². The van der Waals surface area contributed by atoms with E-state index in [1.807, 2.05) is 6.92 Å². The third-order valence-electron chi connectivity index (χ3n) is 2.20. The minimum Gasteiger partial charge on any atom is -0.375 e. The number of nitriles is 1. The van der Waals surface area contributed by atoms with Crippen molar-refractivity contribution in [2.45, 2.75) is 25.0 Å². The molecule has 0 saturated carbocycles. The molecule has 0 aromatic carbocycles. The molecule has 2 atom stereocenters. The van der Waals surface area contributed by atoms with Gasteiger partial charge in [0.15, 0.2) is 0 Å². The van der Waals surface area contributed by atoms with Crippen LogP contribution in [-0.4, -0.2) is 25.3 Å². The molecule has 3 nitrogen and oxygen atoms in total. The summed E-state index contributed by atoms with van der Waals surface area (Å²) in [5, 5.41) is 11.8. The first kappa shape index (κ1) is 7.52. The lowest BCUT2D eigenvalue weighted by Crippen LogP contribution is -2.47. The summed E-state index contributed by atoms with van der Waals surface area (Å²) in [5.74, 6) is 0. The van der Waals surface area contributed by atoms with Gasteiger partial charge in [0.1, 0.15) is 5.54 Å². The summed E-state index contributed by atoms with van der Waals surface area (Å²) in [6.45, 7) is 2.61. The van der Waals surface area contributed by atoms with Gasteiger partial charge < -0.3 is 10.1 Å². The summed E-state index contributed by atoms with van der Waals surface area (Å²) in [4.78, 5) is 0. The van der Waals surface area contributed by atoms with Gasteiger partial charge in [-0.05, 0) is 14.0 Å². The predicted molar refractivity (Wildman–Crippen MR) is 37.4 cm³/mol. The van der Waals surface area contributed by atoms with E-state index in [2.05, 4.69) is 11.4 Å². The van der Waals surface area contributed by atoms with E-state index in [4.69, 9.17) is 10.00 Å². The fourth-order valence-corrected chi connectivity index (χ4v) is 1.27. The maximum atomic E-state index is 8.79. The second-order valence-electron chi connectivity index (χ2n) is 2.60. The van der Waals surface area contributed by atoms with Gasteiger partial charge in [-0.3, -0.25) is 0 Å². The van der Waals surface area contributed by atoms with Gasteiger partial charge in [-0.1, -0.05) is 0 Å². The smallest absolute Gasteiger partial charge is 0.134 e. The van der Waals surface area contributed by atoms with Gasteiger partial charge in [0, 0.05) is 13.0 Å². The van der Waals surface area contributed by atoms with E-state index in [0.717, 1.165) is 6.42 Å². The van der Waals surface area contributed by atoms with Crippen LogP contribution in [0.4, 0.5) is 0 Å². The summed E-state index contributed by atoms with van der Waals surface area (Å²) < 4.78 is 5.27. The lowest BCUT2D eigenvalue weighted by atomic mass is 9.94. The van der Waals surface area contributed by atoms with Gasteiger partial charge in [-0.2, -0.15) is 5.26 Å². The van der Waals surface area contributed by atoms with Crippen LogP contribution < -0.4 is 5.32 Å². The van der Waals surface area contributed by atoms with E-state index in [1.165, 1.54) is 0 Å². The van der Waals surface area contributed by atoms with Crippen molar-refractivity contribution in [2.75, 3.05) is 13.7 Å². The van der Waals surface area contributed by atoms with E-state index in [-0.39, 0.29) is 6.10 Å². The van der Waals surface area contributed by atoms with Gasteiger partial charge in [-0.15, -0.1) is 0 Å². The Balaban J connectivity index is 2.74. The molecule has 0 radical (unpaired) electrons. The van der Waals surface area contributed by atoms with Gasteiger partial charge in [0.2, 0.25) is 0 Å². The van der Waals surface area contributed by atoms with Gasteiger partial charge >= 0.3 is 0 Å². The number of hydrogen-bond acceptors (Lipinski definition) is 3. The minimum absolute atomic E-state index is 0.0162. The highest BCUT2D eigenvalue weighted by Crippen LogP contribution is 2.23. The van der Waals surface area contributed by atoms with Crippen molar-refractivity contribution in [1.82, 2.24) is 5.32 Å². The van der Waals surface area contributed by atoms with Crippen molar-refractivity contribution in [1.29, 1.82) is 5.26 Å². The molecule has 0 aliphatic carbocycles. The SMILES string of the molecule is CNC1(C#N)CCOC1C. The third kappa shape index (κ3) is 0.898. The summed E-state index contributed by atoms with van der Waals surface area (Å²) in [6.07, 6.45) is 0.809. The van der Waals surface area contributed by atoms with Crippen molar-refractivity contribution < 1.29 is 4.74 Å². The highest BCUT2D eigenvalue weighted by molar-refractivity contribution is 5.12. The number of rotatable bonds is 1. The van der Waals surface area contributed by atoms with Crippen molar-refractivity contribution in [2.24, 2.45) is 0 Å². The Bertz CT molecular complexity index is 163.